The molecule has 0 unspecified atom stereocenters. The maximum atomic E-state index is 12.3. The van der Waals surface area contributed by atoms with E-state index in [9.17, 15) is 9.59 Å². The first kappa shape index (κ1) is 18.7. The number of nitrogens with one attached hydrogen (secondary N) is 1. The highest BCUT2D eigenvalue weighted by molar-refractivity contribution is 5.95. The number of hydrogen-bond acceptors (Lipinski definition) is 2. The smallest absolute Gasteiger partial charge is 0.244 e. The van der Waals surface area contributed by atoms with Gasteiger partial charge in [0.2, 0.25) is 11.8 Å². The quantitative estimate of drug-likeness (QED) is 0.836. The van der Waals surface area contributed by atoms with Gasteiger partial charge >= 0.3 is 0 Å². The Hall–Kier alpha value is -2.62. The van der Waals surface area contributed by atoms with E-state index in [0.29, 0.717) is 6.54 Å². The van der Waals surface area contributed by atoms with Crippen molar-refractivity contribution in [1.29, 1.82) is 0 Å². The molecule has 25 heavy (non-hydrogen) atoms. The lowest BCUT2D eigenvalue weighted by atomic mass is 10.1. The zero-order valence-corrected chi connectivity index (χ0v) is 15.2. The standard InChI is InChI=1S/C21H26N2O2/c1-16-9-7-13-20(17(16)2)22-21(25)15-23(18(3)24)14-8-12-19-10-5-4-6-11-19/h4-7,9-11,13H,8,12,14-15H2,1-3H3,(H,22,25). The number of hydrogen-bond donors (Lipinski definition) is 1. The second-order valence-corrected chi connectivity index (χ2v) is 6.33. The van der Waals surface area contributed by atoms with Crippen LogP contribution in [0.2, 0.25) is 0 Å². The molecule has 2 aromatic carbocycles. The lowest BCUT2D eigenvalue weighted by molar-refractivity contribution is -0.132. The van der Waals surface area contributed by atoms with E-state index < -0.39 is 0 Å². The number of carbonyl (C=O) groups is 2. The number of anilines is 1. The van der Waals surface area contributed by atoms with Crippen LogP contribution < -0.4 is 5.32 Å². The van der Waals surface area contributed by atoms with Crippen molar-refractivity contribution < 1.29 is 9.59 Å². The van der Waals surface area contributed by atoms with Crippen molar-refractivity contribution in [2.24, 2.45) is 0 Å². The summed E-state index contributed by atoms with van der Waals surface area (Å²) in [5.74, 6) is -0.243. The van der Waals surface area contributed by atoms with Crippen LogP contribution in [0.1, 0.15) is 30.0 Å². The van der Waals surface area contributed by atoms with E-state index in [-0.39, 0.29) is 18.4 Å². The van der Waals surface area contributed by atoms with E-state index in [1.54, 1.807) is 4.90 Å². The summed E-state index contributed by atoms with van der Waals surface area (Å²) in [6.45, 7) is 6.15. The van der Waals surface area contributed by atoms with Gasteiger partial charge in [0, 0.05) is 19.2 Å². The van der Waals surface area contributed by atoms with E-state index in [1.807, 2.05) is 50.2 Å². The van der Waals surface area contributed by atoms with E-state index in [4.69, 9.17) is 0 Å². The normalized spacial score (nSPS) is 10.4. The van der Waals surface area contributed by atoms with Gasteiger partial charge in [-0.2, -0.15) is 0 Å². The number of amides is 2. The molecule has 2 rings (SSSR count). The third-order valence-corrected chi connectivity index (χ3v) is 4.39. The fourth-order valence-electron chi connectivity index (χ4n) is 2.72. The molecular formula is C21H26N2O2. The summed E-state index contributed by atoms with van der Waals surface area (Å²) in [5.41, 5.74) is 4.22. The van der Waals surface area contributed by atoms with Crippen LogP contribution in [0.15, 0.2) is 48.5 Å². The first-order chi connectivity index (χ1) is 12.0. The summed E-state index contributed by atoms with van der Waals surface area (Å²) in [6.07, 6.45) is 1.73. The van der Waals surface area contributed by atoms with Gasteiger partial charge in [0.1, 0.15) is 0 Å². The first-order valence-electron chi connectivity index (χ1n) is 8.63. The molecular weight excluding hydrogens is 312 g/mol. The summed E-state index contributed by atoms with van der Waals surface area (Å²) >= 11 is 0. The highest BCUT2D eigenvalue weighted by Gasteiger charge is 2.14. The van der Waals surface area contributed by atoms with Crippen LogP contribution in [0, 0.1) is 13.8 Å². The average molecular weight is 338 g/mol. The van der Waals surface area contributed by atoms with Gasteiger partial charge in [-0.1, -0.05) is 42.5 Å². The summed E-state index contributed by atoms with van der Waals surface area (Å²) in [7, 11) is 0. The topological polar surface area (TPSA) is 49.4 Å². The van der Waals surface area contributed by atoms with E-state index in [1.165, 1.54) is 12.5 Å². The molecule has 0 atom stereocenters. The molecule has 0 radical (unpaired) electrons. The molecule has 2 amide bonds. The minimum atomic E-state index is -0.163. The molecule has 0 fully saturated rings. The number of nitrogens with zero attached hydrogens (tertiary/aromatic N) is 1. The lowest BCUT2D eigenvalue weighted by Gasteiger charge is -2.21. The number of rotatable bonds is 7. The fraction of sp³-hybridized carbons (Fsp3) is 0.333. The Morgan fingerprint density at radius 2 is 1.72 bits per heavy atom. The zero-order chi connectivity index (χ0) is 18.2. The van der Waals surface area contributed by atoms with Gasteiger partial charge in [0.25, 0.3) is 0 Å². The molecule has 0 aromatic heterocycles. The summed E-state index contributed by atoms with van der Waals surface area (Å²) in [4.78, 5) is 25.8. The van der Waals surface area contributed by atoms with Crippen molar-refractivity contribution in [3.05, 3.63) is 65.2 Å². The van der Waals surface area contributed by atoms with E-state index >= 15 is 0 Å². The first-order valence-corrected chi connectivity index (χ1v) is 8.63. The second-order valence-electron chi connectivity index (χ2n) is 6.33. The lowest BCUT2D eigenvalue weighted by Crippen LogP contribution is -2.37. The van der Waals surface area contributed by atoms with Gasteiger partial charge in [-0.05, 0) is 49.4 Å². The predicted molar refractivity (Wildman–Crippen MR) is 102 cm³/mol. The van der Waals surface area contributed by atoms with Crippen LogP contribution in [-0.2, 0) is 16.0 Å². The van der Waals surface area contributed by atoms with Gasteiger partial charge in [-0.25, -0.2) is 0 Å². The fourth-order valence-corrected chi connectivity index (χ4v) is 2.72. The Labute approximate surface area is 149 Å². The molecule has 1 N–H and O–H groups in total. The van der Waals surface area contributed by atoms with Crippen LogP contribution >= 0.6 is 0 Å². The van der Waals surface area contributed by atoms with Gasteiger partial charge in [-0.3, -0.25) is 9.59 Å². The highest BCUT2D eigenvalue weighted by Crippen LogP contribution is 2.17. The third kappa shape index (κ3) is 5.75. The molecule has 4 nitrogen and oxygen atoms in total. The molecule has 0 saturated carbocycles. The summed E-state index contributed by atoms with van der Waals surface area (Å²) in [6, 6.07) is 16.0. The minimum Gasteiger partial charge on any atom is -0.334 e. The minimum absolute atomic E-state index is 0.0795. The molecule has 4 heteroatoms. The highest BCUT2D eigenvalue weighted by atomic mass is 16.2. The van der Waals surface area contributed by atoms with Crippen LogP contribution in [0.25, 0.3) is 0 Å². The van der Waals surface area contributed by atoms with Crippen molar-refractivity contribution in [3.8, 4) is 0 Å². The Kier molecular flexibility index (Phi) is 6.75. The third-order valence-electron chi connectivity index (χ3n) is 4.39. The Morgan fingerprint density at radius 1 is 1.00 bits per heavy atom. The molecule has 0 saturated heterocycles. The van der Waals surface area contributed by atoms with Crippen molar-refractivity contribution >= 4 is 17.5 Å². The summed E-state index contributed by atoms with van der Waals surface area (Å²) < 4.78 is 0. The number of carbonyl (C=O) groups excluding carboxylic acids is 2. The monoisotopic (exact) mass is 338 g/mol. The van der Waals surface area contributed by atoms with Gasteiger partial charge in [-0.15, -0.1) is 0 Å². The molecule has 0 bridgehead atoms. The van der Waals surface area contributed by atoms with Gasteiger partial charge in [0.05, 0.1) is 6.54 Å². The Balaban J connectivity index is 1.88. The van der Waals surface area contributed by atoms with Crippen LogP contribution in [0.5, 0.6) is 0 Å². The number of aryl methyl sites for hydroxylation is 2. The zero-order valence-electron chi connectivity index (χ0n) is 15.2. The Bertz CT molecular complexity index is 726. The molecule has 0 spiro atoms. The Morgan fingerprint density at radius 3 is 2.40 bits per heavy atom. The molecule has 0 aliphatic carbocycles. The van der Waals surface area contributed by atoms with Crippen molar-refractivity contribution in [1.82, 2.24) is 4.90 Å². The van der Waals surface area contributed by atoms with Gasteiger partial charge < -0.3 is 10.2 Å². The second kappa shape index (κ2) is 9.02. The number of benzene rings is 2. The van der Waals surface area contributed by atoms with Crippen molar-refractivity contribution in [2.45, 2.75) is 33.6 Å². The predicted octanol–water partition coefficient (Wildman–Crippen LogP) is 3.72. The largest absolute Gasteiger partial charge is 0.334 e. The average Bonchev–Trinajstić information content (AvgIpc) is 2.59. The van der Waals surface area contributed by atoms with Crippen LogP contribution in [0.3, 0.4) is 0 Å². The van der Waals surface area contributed by atoms with Crippen LogP contribution in [-0.4, -0.2) is 29.8 Å². The van der Waals surface area contributed by atoms with Gasteiger partial charge in [0.15, 0.2) is 0 Å². The molecule has 0 heterocycles. The maximum absolute atomic E-state index is 12.3. The summed E-state index contributed by atoms with van der Waals surface area (Å²) in [5, 5.41) is 2.91. The van der Waals surface area contributed by atoms with Crippen LogP contribution in [0.4, 0.5) is 5.69 Å². The van der Waals surface area contributed by atoms with Crippen molar-refractivity contribution in [2.75, 3.05) is 18.4 Å². The molecule has 132 valence electrons. The van der Waals surface area contributed by atoms with E-state index in [2.05, 4.69) is 17.4 Å². The SMILES string of the molecule is CC(=O)N(CCCc1ccccc1)CC(=O)Nc1cccc(C)c1C. The maximum Gasteiger partial charge on any atom is 0.244 e. The molecule has 2 aromatic rings. The molecule has 0 aliphatic rings. The van der Waals surface area contributed by atoms with Crippen molar-refractivity contribution in [3.63, 3.8) is 0 Å². The van der Waals surface area contributed by atoms with E-state index in [0.717, 1.165) is 29.7 Å². The molecule has 0 aliphatic heterocycles.